The summed E-state index contributed by atoms with van der Waals surface area (Å²) in [5.74, 6) is 0.369. The van der Waals surface area contributed by atoms with E-state index in [1.54, 1.807) is 12.1 Å². The molecule has 1 heterocycles. The number of hydrogen-bond donors (Lipinski definition) is 1. The van der Waals surface area contributed by atoms with Crippen LogP contribution in [0.15, 0.2) is 23.1 Å². The number of benzene rings is 1. The molecular formula is C18H28N2O3S. The van der Waals surface area contributed by atoms with Crippen LogP contribution in [0.2, 0.25) is 0 Å². The molecule has 0 bridgehead atoms. The zero-order valence-corrected chi connectivity index (χ0v) is 15.7. The van der Waals surface area contributed by atoms with E-state index in [9.17, 15) is 13.2 Å². The summed E-state index contributed by atoms with van der Waals surface area (Å²) in [7, 11) is -3.58. The molecule has 0 spiro atoms. The van der Waals surface area contributed by atoms with Gasteiger partial charge in [0.1, 0.15) is 0 Å². The lowest BCUT2D eigenvalue weighted by molar-refractivity contribution is 0.0723. The van der Waals surface area contributed by atoms with Gasteiger partial charge in [-0.25, -0.2) is 13.1 Å². The van der Waals surface area contributed by atoms with Crippen LogP contribution in [0.3, 0.4) is 0 Å². The second kappa shape index (κ2) is 8.12. The Morgan fingerprint density at radius 1 is 1.21 bits per heavy atom. The largest absolute Gasteiger partial charge is 0.339 e. The first-order chi connectivity index (χ1) is 11.3. The monoisotopic (exact) mass is 352 g/mol. The number of carbonyl (C=O) groups excluding carboxylic acids is 1. The Labute approximate surface area is 145 Å². The summed E-state index contributed by atoms with van der Waals surface area (Å²) in [6, 6.07) is 4.80. The Morgan fingerprint density at radius 3 is 2.50 bits per heavy atom. The highest BCUT2D eigenvalue weighted by Gasteiger charge is 2.22. The average Bonchev–Trinajstić information content (AvgIpc) is 2.54. The van der Waals surface area contributed by atoms with E-state index in [4.69, 9.17) is 0 Å². The summed E-state index contributed by atoms with van der Waals surface area (Å²) >= 11 is 0. The number of nitrogens with zero attached hydrogens (tertiary/aromatic N) is 1. The number of carbonyl (C=O) groups is 1. The van der Waals surface area contributed by atoms with Gasteiger partial charge in [0.25, 0.3) is 5.91 Å². The fraction of sp³-hybridized carbons (Fsp3) is 0.611. The van der Waals surface area contributed by atoms with Gasteiger partial charge < -0.3 is 4.90 Å². The van der Waals surface area contributed by atoms with Crippen LogP contribution in [0.25, 0.3) is 0 Å². The topological polar surface area (TPSA) is 66.5 Å². The molecule has 1 N–H and O–H groups in total. The zero-order chi connectivity index (χ0) is 17.7. The molecular weight excluding hydrogens is 324 g/mol. The van der Waals surface area contributed by atoms with Crippen molar-refractivity contribution in [2.75, 3.05) is 19.6 Å². The molecule has 0 aromatic heterocycles. The van der Waals surface area contributed by atoms with Crippen LogP contribution in [-0.2, 0) is 10.0 Å². The normalized spacial score (nSPS) is 15.8. The van der Waals surface area contributed by atoms with Gasteiger partial charge in [-0.3, -0.25) is 4.79 Å². The number of hydrogen-bond acceptors (Lipinski definition) is 3. The van der Waals surface area contributed by atoms with Crippen molar-refractivity contribution in [2.45, 2.75) is 51.3 Å². The second-order valence-corrected chi connectivity index (χ2v) is 8.68. The predicted molar refractivity (Wildman–Crippen MR) is 95.6 cm³/mol. The van der Waals surface area contributed by atoms with E-state index in [0.717, 1.165) is 44.3 Å². The number of aryl methyl sites for hydroxylation is 1. The van der Waals surface area contributed by atoms with E-state index in [-0.39, 0.29) is 10.8 Å². The Balaban J connectivity index is 2.19. The highest BCUT2D eigenvalue weighted by molar-refractivity contribution is 7.89. The molecule has 24 heavy (non-hydrogen) atoms. The van der Waals surface area contributed by atoms with E-state index in [2.05, 4.69) is 18.6 Å². The van der Waals surface area contributed by atoms with Crippen molar-refractivity contribution in [3.8, 4) is 0 Å². The van der Waals surface area contributed by atoms with Crippen LogP contribution in [0.1, 0.15) is 55.5 Å². The molecule has 1 fully saturated rings. The van der Waals surface area contributed by atoms with Crippen LogP contribution < -0.4 is 4.72 Å². The minimum absolute atomic E-state index is 0.0635. The van der Waals surface area contributed by atoms with Crippen molar-refractivity contribution in [3.05, 3.63) is 29.3 Å². The Kier molecular flexibility index (Phi) is 6.40. The Hall–Kier alpha value is -1.40. The summed E-state index contributed by atoms with van der Waals surface area (Å²) in [6.07, 6.45) is 3.96. The maximum Gasteiger partial charge on any atom is 0.254 e. The third kappa shape index (κ3) is 4.80. The van der Waals surface area contributed by atoms with Gasteiger partial charge >= 0.3 is 0 Å². The van der Waals surface area contributed by atoms with Crippen molar-refractivity contribution in [3.63, 3.8) is 0 Å². The standard InChI is InChI=1S/C18H28N2O3S/c1-14(2)9-10-19-24(22,23)16-8-7-15(3)17(13-16)18(21)20-11-5-4-6-12-20/h7-8,13-14,19H,4-6,9-12H2,1-3H3. The molecule has 1 aromatic rings. The number of piperidine rings is 1. The molecule has 6 heteroatoms. The van der Waals surface area contributed by atoms with E-state index in [0.29, 0.717) is 18.0 Å². The number of sulfonamides is 1. The number of rotatable bonds is 6. The quantitative estimate of drug-likeness (QED) is 0.856. The lowest BCUT2D eigenvalue weighted by atomic mass is 10.1. The second-order valence-electron chi connectivity index (χ2n) is 6.91. The van der Waals surface area contributed by atoms with E-state index in [1.165, 1.54) is 6.07 Å². The van der Waals surface area contributed by atoms with E-state index >= 15 is 0 Å². The highest BCUT2D eigenvalue weighted by Crippen LogP contribution is 2.20. The predicted octanol–water partition coefficient (Wildman–Crippen LogP) is 2.95. The van der Waals surface area contributed by atoms with Crippen molar-refractivity contribution in [1.29, 1.82) is 0 Å². The molecule has 0 radical (unpaired) electrons. The molecule has 0 aliphatic carbocycles. The molecule has 1 aromatic carbocycles. The van der Waals surface area contributed by atoms with Gasteiger partial charge in [0, 0.05) is 25.2 Å². The van der Waals surface area contributed by atoms with E-state index in [1.807, 2.05) is 11.8 Å². The molecule has 1 aliphatic heterocycles. The third-order valence-corrected chi connectivity index (χ3v) is 5.87. The van der Waals surface area contributed by atoms with Crippen molar-refractivity contribution < 1.29 is 13.2 Å². The summed E-state index contributed by atoms with van der Waals surface area (Å²) in [6.45, 7) is 7.86. The van der Waals surface area contributed by atoms with Crippen molar-refractivity contribution in [1.82, 2.24) is 9.62 Å². The molecule has 2 rings (SSSR count). The molecule has 1 amide bonds. The maximum atomic E-state index is 12.7. The summed E-state index contributed by atoms with van der Waals surface area (Å²) in [5.41, 5.74) is 1.30. The minimum atomic E-state index is -3.58. The highest BCUT2D eigenvalue weighted by atomic mass is 32.2. The molecule has 0 saturated carbocycles. The van der Waals surface area contributed by atoms with Gasteiger partial charge in [0.15, 0.2) is 0 Å². The molecule has 1 saturated heterocycles. The molecule has 5 nitrogen and oxygen atoms in total. The van der Waals surface area contributed by atoms with Gasteiger partial charge in [-0.1, -0.05) is 19.9 Å². The fourth-order valence-corrected chi connectivity index (χ4v) is 3.90. The first-order valence-electron chi connectivity index (χ1n) is 8.71. The van der Waals surface area contributed by atoms with Gasteiger partial charge in [0.2, 0.25) is 10.0 Å². The first kappa shape index (κ1) is 18.9. The fourth-order valence-electron chi connectivity index (χ4n) is 2.83. The third-order valence-electron chi connectivity index (χ3n) is 4.41. The molecule has 0 unspecified atom stereocenters. The minimum Gasteiger partial charge on any atom is -0.339 e. The smallest absolute Gasteiger partial charge is 0.254 e. The van der Waals surface area contributed by atoms with Gasteiger partial charge in [0.05, 0.1) is 4.90 Å². The summed E-state index contributed by atoms with van der Waals surface area (Å²) in [4.78, 5) is 14.7. The number of likely N-dealkylation sites (tertiary alicyclic amines) is 1. The SMILES string of the molecule is Cc1ccc(S(=O)(=O)NCCC(C)C)cc1C(=O)N1CCCCC1. The van der Waals surface area contributed by atoms with Crippen molar-refractivity contribution >= 4 is 15.9 Å². The molecule has 0 atom stereocenters. The zero-order valence-electron chi connectivity index (χ0n) is 14.8. The van der Waals surface area contributed by atoms with E-state index < -0.39 is 10.0 Å². The molecule has 1 aliphatic rings. The Bertz CT molecular complexity index is 678. The van der Waals surface area contributed by atoms with Gasteiger partial charge in [-0.15, -0.1) is 0 Å². The van der Waals surface area contributed by atoms with Crippen LogP contribution in [0.5, 0.6) is 0 Å². The Morgan fingerprint density at radius 2 is 1.88 bits per heavy atom. The lowest BCUT2D eigenvalue weighted by Crippen LogP contribution is -2.36. The summed E-state index contributed by atoms with van der Waals surface area (Å²) in [5, 5.41) is 0. The summed E-state index contributed by atoms with van der Waals surface area (Å²) < 4.78 is 27.5. The lowest BCUT2D eigenvalue weighted by Gasteiger charge is -2.27. The van der Waals surface area contributed by atoms with Crippen LogP contribution in [-0.4, -0.2) is 38.9 Å². The number of amides is 1. The molecule has 134 valence electrons. The average molecular weight is 353 g/mol. The van der Waals surface area contributed by atoms with Gasteiger partial charge in [-0.05, 0) is 56.2 Å². The van der Waals surface area contributed by atoms with Crippen molar-refractivity contribution in [2.24, 2.45) is 5.92 Å². The number of nitrogens with one attached hydrogen (secondary N) is 1. The van der Waals surface area contributed by atoms with Gasteiger partial charge in [-0.2, -0.15) is 0 Å². The van der Waals surface area contributed by atoms with Crippen LogP contribution in [0.4, 0.5) is 0 Å². The first-order valence-corrected chi connectivity index (χ1v) is 10.2. The van der Waals surface area contributed by atoms with Crippen LogP contribution in [0, 0.1) is 12.8 Å². The van der Waals surface area contributed by atoms with Crippen LogP contribution >= 0.6 is 0 Å². The maximum absolute atomic E-state index is 12.7.